The summed E-state index contributed by atoms with van der Waals surface area (Å²) in [6, 6.07) is 0. The molecule has 3 aromatic rings. The minimum absolute atomic E-state index is 0.0179. The lowest BCUT2D eigenvalue weighted by Gasteiger charge is -2.06. The van der Waals surface area contributed by atoms with E-state index in [0.717, 1.165) is 42.4 Å². The van der Waals surface area contributed by atoms with Gasteiger partial charge in [-0.15, -0.1) is 11.3 Å². The Bertz CT molecular complexity index is 1010. The second-order valence-electron chi connectivity index (χ2n) is 6.86. The highest BCUT2D eigenvalue weighted by molar-refractivity contribution is 7.98. The number of nitrogens with one attached hydrogen (secondary N) is 2. The van der Waals surface area contributed by atoms with Crippen molar-refractivity contribution in [2.45, 2.75) is 44.4 Å². The zero-order valence-electron chi connectivity index (χ0n) is 15.6. The molecule has 0 aromatic carbocycles. The normalized spacial score (nSPS) is 13.1. The van der Waals surface area contributed by atoms with Crippen LogP contribution in [0.2, 0.25) is 0 Å². The summed E-state index contributed by atoms with van der Waals surface area (Å²) in [5.74, 6) is 2.07. The van der Waals surface area contributed by atoms with Crippen LogP contribution in [0.5, 0.6) is 0 Å². The first kappa shape index (κ1) is 19.2. The fourth-order valence-electron chi connectivity index (χ4n) is 3.45. The Morgan fingerprint density at radius 2 is 2.32 bits per heavy atom. The summed E-state index contributed by atoms with van der Waals surface area (Å²) < 4.78 is 1.99. The molecule has 0 saturated carbocycles. The fourth-order valence-corrected chi connectivity index (χ4v) is 5.53. The van der Waals surface area contributed by atoms with Gasteiger partial charge in [0.15, 0.2) is 0 Å². The number of aryl methyl sites for hydroxylation is 3. The first-order valence-corrected chi connectivity index (χ1v) is 11.5. The Kier molecular flexibility index (Phi) is 6.11. The minimum Gasteiger partial charge on any atom is -0.356 e. The summed E-state index contributed by atoms with van der Waals surface area (Å²) >= 11 is 3.28. The molecule has 1 aliphatic carbocycles. The summed E-state index contributed by atoms with van der Waals surface area (Å²) in [5.41, 5.74) is 1.19. The molecule has 28 heavy (non-hydrogen) atoms. The number of hydrogen-bond acceptors (Lipinski definition) is 6. The van der Waals surface area contributed by atoms with Gasteiger partial charge in [0.2, 0.25) is 5.91 Å². The van der Waals surface area contributed by atoms with Crippen molar-refractivity contribution in [3.8, 4) is 0 Å². The van der Waals surface area contributed by atoms with E-state index in [4.69, 9.17) is 0 Å². The maximum absolute atomic E-state index is 12.4. The molecule has 0 aliphatic heterocycles. The molecule has 3 heterocycles. The van der Waals surface area contributed by atoms with Gasteiger partial charge >= 0.3 is 0 Å². The highest BCUT2D eigenvalue weighted by Crippen LogP contribution is 2.34. The van der Waals surface area contributed by atoms with Crippen LogP contribution in [-0.4, -0.2) is 37.7 Å². The molecule has 0 bridgehead atoms. The average Bonchev–Trinajstić information content (AvgIpc) is 3.39. The number of nitrogens with zero attached hydrogens (tertiary/aromatic N) is 3. The van der Waals surface area contributed by atoms with Crippen molar-refractivity contribution in [1.82, 2.24) is 24.8 Å². The molecule has 4 rings (SSSR count). The number of hydrogen-bond donors (Lipinski definition) is 2. The Labute approximate surface area is 171 Å². The second kappa shape index (κ2) is 8.91. The van der Waals surface area contributed by atoms with Gasteiger partial charge in [0.25, 0.3) is 5.56 Å². The van der Waals surface area contributed by atoms with E-state index >= 15 is 0 Å². The zero-order chi connectivity index (χ0) is 19.3. The van der Waals surface area contributed by atoms with Crippen LogP contribution in [0.1, 0.15) is 35.5 Å². The van der Waals surface area contributed by atoms with Crippen molar-refractivity contribution in [3.05, 3.63) is 45.3 Å². The quantitative estimate of drug-likeness (QED) is 0.522. The van der Waals surface area contributed by atoms with Gasteiger partial charge in [-0.05, 0) is 31.2 Å². The van der Waals surface area contributed by atoms with Gasteiger partial charge in [-0.25, -0.2) is 9.97 Å². The number of carbonyl (C=O) groups excluding carboxylic acids is 1. The molecule has 7 nitrogen and oxygen atoms in total. The van der Waals surface area contributed by atoms with E-state index in [1.165, 1.54) is 10.4 Å². The molecule has 0 saturated heterocycles. The van der Waals surface area contributed by atoms with Crippen LogP contribution in [0.3, 0.4) is 0 Å². The molecule has 1 aliphatic rings. The Morgan fingerprint density at radius 1 is 1.39 bits per heavy atom. The smallest absolute Gasteiger partial charge is 0.259 e. The maximum Gasteiger partial charge on any atom is 0.259 e. The number of amides is 1. The number of aromatic amines is 1. The second-order valence-corrected chi connectivity index (χ2v) is 9.05. The number of aromatic nitrogens is 4. The first-order chi connectivity index (χ1) is 13.7. The summed E-state index contributed by atoms with van der Waals surface area (Å²) in [6.07, 6.45) is 9.99. The fraction of sp³-hybridized carbons (Fsp3) is 0.474. The largest absolute Gasteiger partial charge is 0.356 e. The molecule has 1 amide bonds. The minimum atomic E-state index is -0.0179. The lowest BCUT2D eigenvalue weighted by Crippen LogP contribution is -2.25. The van der Waals surface area contributed by atoms with Crippen LogP contribution < -0.4 is 10.9 Å². The predicted octanol–water partition coefficient (Wildman–Crippen LogP) is 2.50. The lowest BCUT2D eigenvalue weighted by atomic mass is 10.2. The van der Waals surface area contributed by atoms with Gasteiger partial charge in [-0.1, -0.05) is 0 Å². The Hall–Kier alpha value is -2.13. The Balaban J connectivity index is 1.19. The first-order valence-electron chi connectivity index (χ1n) is 9.54. The summed E-state index contributed by atoms with van der Waals surface area (Å²) in [6.45, 7) is 1.51. The third-order valence-electron chi connectivity index (χ3n) is 4.81. The molecular weight excluding hydrogens is 394 g/mol. The van der Waals surface area contributed by atoms with Gasteiger partial charge in [-0.3, -0.25) is 9.59 Å². The number of H-pyrrole nitrogens is 1. The molecule has 0 spiro atoms. The molecule has 0 unspecified atom stereocenters. The third-order valence-corrected chi connectivity index (χ3v) is 6.97. The maximum atomic E-state index is 12.4. The summed E-state index contributed by atoms with van der Waals surface area (Å²) in [5, 5.41) is 3.73. The number of carbonyl (C=O) groups is 1. The standard InChI is InChI=1S/C19H23N5O2S2/c25-16(21-6-2-8-24-9-7-20-12-24)5-10-27-11-15-22-18(26)17-13-3-1-4-14(13)28-19(17)23-15/h7,9,12H,1-6,8,10-11H2,(H,21,25)(H,22,23,26). The van der Waals surface area contributed by atoms with Crippen LogP contribution >= 0.6 is 23.1 Å². The van der Waals surface area contributed by atoms with Gasteiger partial charge < -0.3 is 14.9 Å². The Morgan fingerprint density at radius 3 is 3.18 bits per heavy atom. The topological polar surface area (TPSA) is 92.7 Å². The van der Waals surface area contributed by atoms with E-state index in [2.05, 4.69) is 20.3 Å². The van der Waals surface area contributed by atoms with Crippen molar-refractivity contribution in [2.75, 3.05) is 12.3 Å². The molecular formula is C19H23N5O2S2. The van der Waals surface area contributed by atoms with Crippen LogP contribution in [0, 0.1) is 0 Å². The van der Waals surface area contributed by atoms with Crippen LogP contribution in [-0.2, 0) is 29.9 Å². The molecule has 2 N–H and O–H groups in total. The van der Waals surface area contributed by atoms with Crippen molar-refractivity contribution in [2.24, 2.45) is 0 Å². The van der Waals surface area contributed by atoms with Crippen molar-refractivity contribution in [1.29, 1.82) is 0 Å². The van der Waals surface area contributed by atoms with Crippen LogP contribution in [0.4, 0.5) is 0 Å². The number of imidazole rings is 1. The SMILES string of the molecule is O=C(CCSCc1nc2sc3c(c2c(=O)[nH]1)CCC3)NCCCn1ccnc1. The molecule has 3 aromatic heterocycles. The molecule has 9 heteroatoms. The number of thiophene rings is 1. The van der Waals surface area contributed by atoms with Crippen molar-refractivity contribution < 1.29 is 4.79 Å². The number of rotatable bonds is 9. The molecule has 0 radical (unpaired) electrons. The number of fused-ring (bicyclic) bond motifs is 3. The monoisotopic (exact) mass is 417 g/mol. The van der Waals surface area contributed by atoms with Crippen molar-refractivity contribution in [3.63, 3.8) is 0 Å². The van der Waals surface area contributed by atoms with E-state index < -0.39 is 0 Å². The van der Waals surface area contributed by atoms with E-state index in [-0.39, 0.29) is 11.5 Å². The van der Waals surface area contributed by atoms with Gasteiger partial charge in [-0.2, -0.15) is 11.8 Å². The zero-order valence-corrected chi connectivity index (χ0v) is 17.2. The van der Waals surface area contributed by atoms with Gasteiger partial charge in [0.05, 0.1) is 17.5 Å². The molecule has 0 fully saturated rings. The van der Waals surface area contributed by atoms with Crippen LogP contribution in [0.15, 0.2) is 23.5 Å². The summed E-state index contributed by atoms with van der Waals surface area (Å²) in [7, 11) is 0. The lowest BCUT2D eigenvalue weighted by molar-refractivity contribution is -0.120. The van der Waals surface area contributed by atoms with Crippen LogP contribution in [0.25, 0.3) is 10.2 Å². The highest BCUT2D eigenvalue weighted by Gasteiger charge is 2.21. The van der Waals surface area contributed by atoms with E-state index in [1.54, 1.807) is 35.6 Å². The average molecular weight is 418 g/mol. The predicted molar refractivity (Wildman–Crippen MR) is 113 cm³/mol. The number of thioether (sulfide) groups is 1. The summed E-state index contributed by atoms with van der Waals surface area (Å²) in [4.78, 5) is 38.1. The highest BCUT2D eigenvalue weighted by atomic mass is 32.2. The van der Waals surface area contributed by atoms with E-state index in [9.17, 15) is 9.59 Å². The molecule has 148 valence electrons. The van der Waals surface area contributed by atoms with Gasteiger partial charge in [0, 0.05) is 42.5 Å². The van der Waals surface area contributed by atoms with Crippen molar-refractivity contribution >= 4 is 39.2 Å². The third kappa shape index (κ3) is 4.47. The van der Waals surface area contributed by atoms with E-state index in [0.29, 0.717) is 30.3 Å². The van der Waals surface area contributed by atoms with E-state index in [1.807, 2.05) is 10.8 Å². The van der Waals surface area contributed by atoms with Gasteiger partial charge in [0.1, 0.15) is 10.7 Å². The molecule has 0 atom stereocenters.